The minimum atomic E-state index is -0.298. The van der Waals surface area contributed by atoms with E-state index < -0.39 is 0 Å². The van der Waals surface area contributed by atoms with Gasteiger partial charge in [0.25, 0.3) is 0 Å². The smallest absolute Gasteiger partial charge is 0.317 e. The zero-order valence-corrected chi connectivity index (χ0v) is 12.9. The molecule has 0 unspecified atom stereocenters. The number of amides is 3. The predicted octanol–water partition coefficient (Wildman–Crippen LogP) is 1.53. The first-order valence-corrected chi connectivity index (χ1v) is 7.54. The van der Waals surface area contributed by atoms with Crippen LogP contribution in [0.4, 0.5) is 9.18 Å². The lowest BCUT2D eigenvalue weighted by atomic mass is 10.0. The van der Waals surface area contributed by atoms with Crippen molar-refractivity contribution in [2.45, 2.75) is 26.3 Å². The Morgan fingerprint density at radius 1 is 1.45 bits per heavy atom. The maximum absolute atomic E-state index is 13.3. The molecule has 3 amide bonds. The summed E-state index contributed by atoms with van der Waals surface area (Å²) in [5, 5.41) is 5.62. The number of benzene rings is 1. The summed E-state index contributed by atoms with van der Waals surface area (Å²) in [5.41, 5.74) is 0.809. The zero-order chi connectivity index (χ0) is 16.1. The average Bonchev–Trinajstić information content (AvgIpc) is 2.89. The van der Waals surface area contributed by atoms with Gasteiger partial charge < -0.3 is 15.5 Å². The number of urea groups is 1. The van der Waals surface area contributed by atoms with Crippen molar-refractivity contribution in [2.75, 3.05) is 19.6 Å². The molecule has 2 rings (SSSR count). The zero-order valence-electron chi connectivity index (χ0n) is 12.9. The molecule has 1 aliphatic rings. The Morgan fingerprint density at radius 2 is 2.23 bits per heavy atom. The highest BCUT2D eigenvalue weighted by molar-refractivity contribution is 5.78. The van der Waals surface area contributed by atoms with E-state index in [1.165, 1.54) is 12.1 Å². The molecule has 1 aromatic rings. The van der Waals surface area contributed by atoms with E-state index >= 15 is 0 Å². The summed E-state index contributed by atoms with van der Waals surface area (Å²) >= 11 is 0. The van der Waals surface area contributed by atoms with Crippen molar-refractivity contribution in [1.82, 2.24) is 15.5 Å². The van der Waals surface area contributed by atoms with E-state index in [1.54, 1.807) is 11.0 Å². The van der Waals surface area contributed by atoms with Crippen LogP contribution in [-0.2, 0) is 11.2 Å². The summed E-state index contributed by atoms with van der Waals surface area (Å²) in [4.78, 5) is 25.3. The number of halogens is 1. The number of nitrogens with zero attached hydrogens (tertiary/aromatic N) is 1. The molecule has 1 fully saturated rings. The standard InChI is InChI=1S/C16H22FN3O2/c1-11(2)15(21)19-10-14(20-7-6-18-16(20)22)9-12-4-3-5-13(17)8-12/h3-5,8,11,14H,6-7,9-10H2,1-2H3,(H,18,22)(H,19,21)/t14-/m0/s1. The Balaban J connectivity index is 2.07. The van der Waals surface area contributed by atoms with Crippen molar-refractivity contribution >= 4 is 11.9 Å². The fraction of sp³-hybridized carbons (Fsp3) is 0.500. The molecule has 5 nitrogen and oxygen atoms in total. The van der Waals surface area contributed by atoms with Crippen molar-refractivity contribution in [2.24, 2.45) is 5.92 Å². The Hall–Kier alpha value is -2.11. The van der Waals surface area contributed by atoms with Crippen molar-refractivity contribution in [1.29, 1.82) is 0 Å². The van der Waals surface area contributed by atoms with E-state index in [-0.39, 0.29) is 29.7 Å². The number of hydrogen-bond donors (Lipinski definition) is 2. The maximum Gasteiger partial charge on any atom is 0.317 e. The monoisotopic (exact) mass is 307 g/mol. The van der Waals surface area contributed by atoms with Crippen LogP contribution in [0.2, 0.25) is 0 Å². The molecule has 1 saturated heterocycles. The van der Waals surface area contributed by atoms with E-state index in [0.717, 1.165) is 5.56 Å². The van der Waals surface area contributed by atoms with Gasteiger partial charge >= 0.3 is 6.03 Å². The van der Waals surface area contributed by atoms with Gasteiger partial charge in [-0.05, 0) is 24.1 Å². The summed E-state index contributed by atoms with van der Waals surface area (Å²) in [6.45, 7) is 5.19. The molecule has 0 spiro atoms. The molecule has 0 aromatic heterocycles. The topological polar surface area (TPSA) is 61.4 Å². The number of rotatable bonds is 6. The molecular formula is C16H22FN3O2. The molecule has 0 radical (unpaired) electrons. The molecule has 1 heterocycles. The van der Waals surface area contributed by atoms with Gasteiger partial charge in [0.1, 0.15) is 5.82 Å². The second-order valence-corrected chi connectivity index (χ2v) is 5.81. The van der Waals surface area contributed by atoms with Crippen molar-refractivity contribution < 1.29 is 14.0 Å². The summed E-state index contributed by atoms with van der Waals surface area (Å²) in [6, 6.07) is 6.01. The van der Waals surface area contributed by atoms with E-state index in [9.17, 15) is 14.0 Å². The van der Waals surface area contributed by atoms with Gasteiger partial charge in [0.05, 0.1) is 6.04 Å². The Labute approximate surface area is 129 Å². The molecule has 22 heavy (non-hydrogen) atoms. The third-order valence-corrected chi connectivity index (χ3v) is 3.73. The van der Waals surface area contributed by atoms with Crippen LogP contribution in [0.15, 0.2) is 24.3 Å². The fourth-order valence-electron chi connectivity index (χ4n) is 2.49. The van der Waals surface area contributed by atoms with Crippen LogP contribution in [0, 0.1) is 11.7 Å². The number of hydrogen-bond acceptors (Lipinski definition) is 2. The van der Waals surface area contributed by atoms with E-state index in [4.69, 9.17) is 0 Å². The van der Waals surface area contributed by atoms with Crippen LogP contribution in [0.3, 0.4) is 0 Å². The molecule has 2 N–H and O–H groups in total. The maximum atomic E-state index is 13.3. The van der Waals surface area contributed by atoms with Crippen LogP contribution in [0.5, 0.6) is 0 Å². The highest BCUT2D eigenvalue weighted by Gasteiger charge is 2.28. The average molecular weight is 307 g/mol. The van der Waals surface area contributed by atoms with Crippen molar-refractivity contribution in [3.63, 3.8) is 0 Å². The van der Waals surface area contributed by atoms with Crippen molar-refractivity contribution in [3.05, 3.63) is 35.6 Å². The minimum absolute atomic E-state index is 0.0520. The molecule has 1 aromatic carbocycles. The molecular weight excluding hydrogens is 285 g/mol. The third-order valence-electron chi connectivity index (χ3n) is 3.73. The van der Waals surface area contributed by atoms with Crippen LogP contribution in [0.25, 0.3) is 0 Å². The SMILES string of the molecule is CC(C)C(=O)NC[C@H](Cc1cccc(F)c1)N1CCNC1=O. The molecule has 0 bridgehead atoms. The number of carbonyl (C=O) groups is 2. The summed E-state index contributed by atoms with van der Waals surface area (Å²) in [6.07, 6.45) is 0.504. The van der Waals surface area contributed by atoms with Gasteiger partial charge in [0, 0.05) is 25.6 Å². The minimum Gasteiger partial charge on any atom is -0.354 e. The molecule has 0 saturated carbocycles. The quantitative estimate of drug-likeness (QED) is 0.837. The fourth-order valence-corrected chi connectivity index (χ4v) is 2.49. The Morgan fingerprint density at radius 3 is 2.82 bits per heavy atom. The number of nitrogens with one attached hydrogen (secondary N) is 2. The number of carbonyl (C=O) groups excluding carboxylic acids is 2. The first-order chi connectivity index (χ1) is 10.5. The Kier molecular flexibility index (Phi) is 5.35. The highest BCUT2D eigenvalue weighted by atomic mass is 19.1. The molecule has 1 atom stereocenters. The molecule has 0 aliphatic carbocycles. The van der Waals surface area contributed by atoms with Gasteiger partial charge in [0.2, 0.25) is 5.91 Å². The van der Waals surface area contributed by atoms with Crippen molar-refractivity contribution in [3.8, 4) is 0 Å². The normalized spacial score (nSPS) is 15.8. The lowest BCUT2D eigenvalue weighted by molar-refractivity contribution is -0.124. The van der Waals surface area contributed by atoms with Gasteiger partial charge in [-0.25, -0.2) is 9.18 Å². The molecule has 1 aliphatic heterocycles. The lowest BCUT2D eigenvalue weighted by Gasteiger charge is -2.27. The second-order valence-electron chi connectivity index (χ2n) is 5.81. The van der Waals surface area contributed by atoms with Crippen LogP contribution >= 0.6 is 0 Å². The second kappa shape index (κ2) is 7.24. The molecule has 6 heteroatoms. The first-order valence-electron chi connectivity index (χ1n) is 7.54. The lowest BCUT2D eigenvalue weighted by Crippen LogP contribution is -2.47. The largest absolute Gasteiger partial charge is 0.354 e. The highest BCUT2D eigenvalue weighted by Crippen LogP contribution is 2.13. The van der Waals surface area contributed by atoms with Gasteiger partial charge in [-0.2, -0.15) is 0 Å². The van der Waals surface area contributed by atoms with E-state index in [1.807, 2.05) is 19.9 Å². The van der Waals surface area contributed by atoms with Gasteiger partial charge in [-0.3, -0.25) is 4.79 Å². The van der Waals surface area contributed by atoms with Gasteiger partial charge in [0.15, 0.2) is 0 Å². The summed E-state index contributed by atoms with van der Waals surface area (Å²) in [7, 11) is 0. The third kappa shape index (κ3) is 4.19. The summed E-state index contributed by atoms with van der Waals surface area (Å²) < 4.78 is 13.3. The van der Waals surface area contributed by atoms with Gasteiger partial charge in [-0.1, -0.05) is 26.0 Å². The van der Waals surface area contributed by atoms with Crippen LogP contribution < -0.4 is 10.6 Å². The van der Waals surface area contributed by atoms with E-state index in [0.29, 0.717) is 26.1 Å². The predicted molar refractivity (Wildman–Crippen MR) is 81.8 cm³/mol. The molecule has 120 valence electrons. The Bertz CT molecular complexity index is 548. The summed E-state index contributed by atoms with van der Waals surface area (Å²) in [5.74, 6) is -0.459. The van der Waals surface area contributed by atoms with Crippen LogP contribution in [0.1, 0.15) is 19.4 Å². The van der Waals surface area contributed by atoms with Crippen LogP contribution in [-0.4, -0.2) is 42.5 Å². The van der Waals surface area contributed by atoms with E-state index in [2.05, 4.69) is 10.6 Å². The van der Waals surface area contributed by atoms with Gasteiger partial charge in [-0.15, -0.1) is 0 Å². The first kappa shape index (κ1) is 16.3.